The molecule has 0 amide bonds. The first kappa shape index (κ1) is 11.7. The van der Waals surface area contributed by atoms with E-state index < -0.39 is 0 Å². The van der Waals surface area contributed by atoms with Crippen LogP contribution in [0.1, 0.15) is 5.56 Å². The molecule has 0 radical (unpaired) electrons. The van der Waals surface area contributed by atoms with Gasteiger partial charge in [0, 0.05) is 5.56 Å². The molecule has 4 rings (SSSR count). The Hall–Kier alpha value is -3.12. The highest BCUT2D eigenvalue weighted by Crippen LogP contribution is 2.27. The second-order valence-electron chi connectivity index (χ2n) is 4.88. The van der Waals surface area contributed by atoms with Crippen LogP contribution < -0.4 is 0 Å². The third-order valence-electron chi connectivity index (χ3n) is 3.51. The van der Waals surface area contributed by atoms with Crippen LogP contribution in [0.4, 0.5) is 0 Å². The quantitative estimate of drug-likeness (QED) is 0.511. The molecule has 3 aromatic carbocycles. The summed E-state index contributed by atoms with van der Waals surface area (Å²) in [5.74, 6) is 0.613. The fourth-order valence-electron chi connectivity index (χ4n) is 2.44. The third kappa shape index (κ3) is 1.94. The fraction of sp³-hybridized carbons (Fsp3) is 0. The summed E-state index contributed by atoms with van der Waals surface area (Å²) in [6.45, 7) is 0. The summed E-state index contributed by atoms with van der Waals surface area (Å²) >= 11 is 0. The maximum atomic E-state index is 8.94. The van der Waals surface area contributed by atoms with Gasteiger partial charge in [0.1, 0.15) is 5.52 Å². The van der Waals surface area contributed by atoms with E-state index in [0.717, 1.165) is 27.4 Å². The number of para-hydroxylation sites is 2. The summed E-state index contributed by atoms with van der Waals surface area (Å²) < 4.78 is 5.78. The van der Waals surface area contributed by atoms with Gasteiger partial charge in [-0.1, -0.05) is 24.3 Å². The van der Waals surface area contributed by atoms with Crippen molar-refractivity contribution in [3.8, 4) is 17.5 Å². The molecule has 21 heavy (non-hydrogen) atoms. The van der Waals surface area contributed by atoms with Gasteiger partial charge in [0.05, 0.1) is 11.6 Å². The summed E-state index contributed by atoms with van der Waals surface area (Å²) in [5, 5.41) is 11.0. The van der Waals surface area contributed by atoms with Crippen LogP contribution in [0, 0.1) is 11.3 Å². The van der Waals surface area contributed by atoms with E-state index in [4.69, 9.17) is 9.68 Å². The predicted molar refractivity (Wildman–Crippen MR) is 81.7 cm³/mol. The highest BCUT2D eigenvalue weighted by molar-refractivity contribution is 5.88. The van der Waals surface area contributed by atoms with Gasteiger partial charge in [-0.05, 0) is 47.2 Å². The van der Waals surface area contributed by atoms with Crippen molar-refractivity contribution in [2.45, 2.75) is 0 Å². The van der Waals surface area contributed by atoms with Gasteiger partial charge in [0.15, 0.2) is 5.58 Å². The van der Waals surface area contributed by atoms with E-state index in [9.17, 15) is 0 Å². The lowest BCUT2D eigenvalue weighted by Gasteiger charge is -2.00. The van der Waals surface area contributed by atoms with Crippen molar-refractivity contribution in [1.29, 1.82) is 5.26 Å². The van der Waals surface area contributed by atoms with E-state index >= 15 is 0 Å². The second-order valence-corrected chi connectivity index (χ2v) is 4.88. The molecule has 0 aliphatic heterocycles. The first-order chi connectivity index (χ1) is 10.3. The minimum Gasteiger partial charge on any atom is -0.436 e. The zero-order valence-corrected chi connectivity index (χ0v) is 11.1. The normalized spacial score (nSPS) is 10.8. The molecule has 1 heterocycles. The lowest BCUT2D eigenvalue weighted by molar-refractivity contribution is 0.620. The van der Waals surface area contributed by atoms with E-state index in [-0.39, 0.29) is 0 Å². The summed E-state index contributed by atoms with van der Waals surface area (Å²) in [6, 6.07) is 21.5. The maximum absolute atomic E-state index is 8.94. The van der Waals surface area contributed by atoms with E-state index in [2.05, 4.69) is 11.1 Å². The Morgan fingerprint density at radius 2 is 1.71 bits per heavy atom. The van der Waals surface area contributed by atoms with E-state index in [0.29, 0.717) is 11.5 Å². The Kier molecular flexibility index (Phi) is 2.48. The number of nitrogens with zero attached hydrogens (tertiary/aromatic N) is 2. The largest absolute Gasteiger partial charge is 0.436 e. The van der Waals surface area contributed by atoms with Crippen LogP contribution in [0.2, 0.25) is 0 Å². The standard InChI is InChI=1S/C18H10N2O/c19-11-12-5-6-14-10-15(8-7-13(14)9-12)18-20-16-3-1-2-4-17(16)21-18/h1-10H. The topological polar surface area (TPSA) is 49.8 Å². The van der Waals surface area contributed by atoms with Crippen molar-refractivity contribution < 1.29 is 4.42 Å². The number of fused-ring (bicyclic) bond motifs is 2. The average Bonchev–Trinajstić information content (AvgIpc) is 2.98. The number of nitriles is 1. The van der Waals surface area contributed by atoms with E-state index in [1.54, 1.807) is 0 Å². The number of hydrogen-bond donors (Lipinski definition) is 0. The van der Waals surface area contributed by atoms with Crippen molar-refractivity contribution in [2.75, 3.05) is 0 Å². The van der Waals surface area contributed by atoms with E-state index in [1.807, 2.05) is 60.7 Å². The van der Waals surface area contributed by atoms with Crippen LogP contribution in [0.5, 0.6) is 0 Å². The summed E-state index contributed by atoms with van der Waals surface area (Å²) in [7, 11) is 0. The first-order valence-electron chi connectivity index (χ1n) is 6.63. The third-order valence-corrected chi connectivity index (χ3v) is 3.51. The van der Waals surface area contributed by atoms with Crippen LogP contribution >= 0.6 is 0 Å². The summed E-state index contributed by atoms with van der Waals surface area (Å²) in [5.41, 5.74) is 3.24. The highest BCUT2D eigenvalue weighted by Gasteiger charge is 2.08. The number of hydrogen-bond acceptors (Lipinski definition) is 3. The molecule has 0 fully saturated rings. The lowest BCUT2D eigenvalue weighted by atomic mass is 10.0. The van der Waals surface area contributed by atoms with Gasteiger partial charge in [0.2, 0.25) is 5.89 Å². The molecule has 0 bridgehead atoms. The van der Waals surface area contributed by atoms with Gasteiger partial charge in [-0.15, -0.1) is 0 Å². The Labute approximate surface area is 121 Å². The van der Waals surface area contributed by atoms with Gasteiger partial charge >= 0.3 is 0 Å². The molecule has 3 nitrogen and oxygen atoms in total. The molecule has 4 aromatic rings. The highest BCUT2D eigenvalue weighted by atomic mass is 16.3. The van der Waals surface area contributed by atoms with Crippen LogP contribution in [-0.2, 0) is 0 Å². The number of aromatic nitrogens is 1. The average molecular weight is 270 g/mol. The van der Waals surface area contributed by atoms with Crippen molar-refractivity contribution in [1.82, 2.24) is 4.98 Å². The van der Waals surface area contributed by atoms with Gasteiger partial charge < -0.3 is 4.42 Å². The Morgan fingerprint density at radius 1 is 0.905 bits per heavy atom. The van der Waals surface area contributed by atoms with Crippen LogP contribution in [0.15, 0.2) is 65.1 Å². The van der Waals surface area contributed by atoms with Crippen molar-refractivity contribution >= 4 is 21.9 Å². The molecule has 98 valence electrons. The minimum absolute atomic E-state index is 0.613. The van der Waals surface area contributed by atoms with Crippen molar-refractivity contribution in [3.05, 3.63) is 66.2 Å². The molecule has 0 saturated heterocycles. The van der Waals surface area contributed by atoms with Crippen LogP contribution in [0.3, 0.4) is 0 Å². The summed E-state index contributed by atoms with van der Waals surface area (Å²) in [6.07, 6.45) is 0. The molecule has 1 aromatic heterocycles. The second kappa shape index (κ2) is 4.46. The molecule has 0 N–H and O–H groups in total. The molecule has 0 aliphatic rings. The van der Waals surface area contributed by atoms with Crippen molar-refractivity contribution in [2.24, 2.45) is 0 Å². The van der Waals surface area contributed by atoms with Gasteiger partial charge in [-0.2, -0.15) is 5.26 Å². The van der Waals surface area contributed by atoms with Gasteiger partial charge in [0.25, 0.3) is 0 Å². The molecular weight excluding hydrogens is 260 g/mol. The van der Waals surface area contributed by atoms with Crippen molar-refractivity contribution in [3.63, 3.8) is 0 Å². The Morgan fingerprint density at radius 3 is 2.57 bits per heavy atom. The Bertz CT molecular complexity index is 976. The van der Waals surface area contributed by atoms with Gasteiger partial charge in [-0.3, -0.25) is 0 Å². The number of benzene rings is 3. The Balaban J connectivity index is 1.88. The van der Waals surface area contributed by atoms with Gasteiger partial charge in [-0.25, -0.2) is 4.98 Å². The van der Waals surface area contributed by atoms with Crippen LogP contribution in [0.25, 0.3) is 33.3 Å². The zero-order chi connectivity index (χ0) is 14.2. The fourth-order valence-corrected chi connectivity index (χ4v) is 2.44. The summed E-state index contributed by atoms with van der Waals surface area (Å²) in [4.78, 5) is 4.50. The molecule has 0 aliphatic carbocycles. The minimum atomic E-state index is 0.613. The molecule has 0 unspecified atom stereocenters. The lowest BCUT2D eigenvalue weighted by Crippen LogP contribution is -1.80. The van der Waals surface area contributed by atoms with E-state index in [1.165, 1.54) is 0 Å². The number of oxazole rings is 1. The molecule has 0 spiro atoms. The first-order valence-corrected chi connectivity index (χ1v) is 6.63. The maximum Gasteiger partial charge on any atom is 0.227 e. The molecule has 0 saturated carbocycles. The smallest absolute Gasteiger partial charge is 0.227 e. The molecular formula is C18H10N2O. The molecule has 0 atom stereocenters. The predicted octanol–water partition coefficient (Wildman–Crippen LogP) is 4.52. The molecule has 3 heteroatoms. The zero-order valence-electron chi connectivity index (χ0n) is 11.1. The number of rotatable bonds is 1. The monoisotopic (exact) mass is 270 g/mol. The van der Waals surface area contributed by atoms with Crippen LogP contribution in [-0.4, -0.2) is 4.98 Å². The SMILES string of the molecule is N#Cc1ccc2cc(-c3nc4ccccc4o3)ccc2c1.